The van der Waals surface area contributed by atoms with Crippen molar-refractivity contribution in [3.63, 3.8) is 0 Å². The number of fused-ring (bicyclic) bond motifs is 2. The van der Waals surface area contributed by atoms with Crippen molar-refractivity contribution in [1.82, 2.24) is 15.5 Å². The summed E-state index contributed by atoms with van der Waals surface area (Å²) >= 11 is 0. The zero-order valence-electron chi connectivity index (χ0n) is 11.5. The molecule has 2 aliphatic rings. The van der Waals surface area contributed by atoms with Crippen molar-refractivity contribution in [2.75, 3.05) is 18.0 Å². The molecule has 0 spiro atoms. The van der Waals surface area contributed by atoms with Crippen LogP contribution in [0.5, 0.6) is 0 Å². The SMILES string of the molecule is c1ccc2c(c1)CCN(c1cc3c(nn1)CNCC3)C2. The largest absolute Gasteiger partial charge is 0.350 e. The predicted octanol–water partition coefficient (Wildman–Crippen LogP) is 1.68. The summed E-state index contributed by atoms with van der Waals surface area (Å²) in [7, 11) is 0. The number of benzene rings is 1. The van der Waals surface area contributed by atoms with Gasteiger partial charge < -0.3 is 10.2 Å². The Morgan fingerprint density at radius 2 is 1.90 bits per heavy atom. The van der Waals surface area contributed by atoms with E-state index in [1.54, 1.807) is 0 Å². The fourth-order valence-electron chi connectivity index (χ4n) is 3.08. The molecule has 4 rings (SSSR count). The van der Waals surface area contributed by atoms with Gasteiger partial charge in [-0.05, 0) is 42.1 Å². The maximum absolute atomic E-state index is 4.42. The molecule has 20 heavy (non-hydrogen) atoms. The van der Waals surface area contributed by atoms with Crippen molar-refractivity contribution < 1.29 is 0 Å². The molecule has 2 aliphatic heterocycles. The van der Waals surface area contributed by atoms with Crippen molar-refractivity contribution in [1.29, 1.82) is 0 Å². The van der Waals surface area contributed by atoms with Crippen LogP contribution >= 0.6 is 0 Å². The molecular weight excluding hydrogens is 248 g/mol. The summed E-state index contributed by atoms with van der Waals surface area (Å²) in [5.41, 5.74) is 5.35. The molecule has 0 bridgehead atoms. The van der Waals surface area contributed by atoms with Crippen molar-refractivity contribution in [2.24, 2.45) is 0 Å². The monoisotopic (exact) mass is 266 g/mol. The van der Waals surface area contributed by atoms with E-state index in [4.69, 9.17) is 0 Å². The maximum atomic E-state index is 4.42. The zero-order chi connectivity index (χ0) is 13.4. The molecule has 0 amide bonds. The molecule has 2 aromatic rings. The summed E-state index contributed by atoms with van der Waals surface area (Å²) in [4.78, 5) is 2.34. The first kappa shape index (κ1) is 11.9. The van der Waals surface area contributed by atoms with Crippen molar-refractivity contribution >= 4 is 5.82 Å². The summed E-state index contributed by atoms with van der Waals surface area (Å²) in [5.74, 6) is 1.03. The Bertz CT molecular complexity index is 638. The van der Waals surface area contributed by atoms with Gasteiger partial charge in [0.15, 0.2) is 5.82 Å². The lowest BCUT2D eigenvalue weighted by atomic mass is 10.00. The summed E-state index contributed by atoms with van der Waals surface area (Å²) in [6.07, 6.45) is 2.15. The minimum atomic E-state index is 0.853. The lowest BCUT2D eigenvalue weighted by Crippen LogP contribution is -2.32. The summed E-state index contributed by atoms with van der Waals surface area (Å²) in [5, 5.41) is 12.2. The Morgan fingerprint density at radius 1 is 1.00 bits per heavy atom. The van der Waals surface area contributed by atoms with Gasteiger partial charge in [0.1, 0.15) is 0 Å². The number of rotatable bonds is 1. The summed E-state index contributed by atoms with van der Waals surface area (Å²) < 4.78 is 0. The highest BCUT2D eigenvalue weighted by atomic mass is 15.3. The molecule has 0 unspecified atom stereocenters. The second-order valence-electron chi connectivity index (χ2n) is 5.54. The van der Waals surface area contributed by atoms with Crippen LogP contribution in [-0.2, 0) is 25.9 Å². The number of nitrogens with one attached hydrogen (secondary N) is 1. The molecule has 0 radical (unpaired) electrons. The van der Waals surface area contributed by atoms with E-state index in [-0.39, 0.29) is 0 Å². The van der Waals surface area contributed by atoms with Crippen LogP contribution in [0.15, 0.2) is 30.3 Å². The van der Waals surface area contributed by atoms with Gasteiger partial charge in [-0.1, -0.05) is 24.3 Å². The maximum Gasteiger partial charge on any atom is 0.151 e. The third-order valence-corrected chi connectivity index (χ3v) is 4.27. The first-order chi connectivity index (χ1) is 9.90. The quantitative estimate of drug-likeness (QED) is 0.852. The van der Waals surface area contributed by atoms with Crippen molar-refractivity contribution in [3.05, 3.63) is 52.7 Å². The lowest BCUT2D eigenvalue weighted by Gasteiger charge is -2.30. The van der Waals surface area contributed by atoms with Gasteiger partial charge in [-0.2, -0.15) is 5.10 Å². The molecule has 1 aromatic carbocycles. The van der Waals surface area contributed by atoms with Crippen LogP contribution in [0.4, 0.5) is 5.82 Å². The number of hydrogen-bond donors (Lipinski definition) is 1. The molecule has 3 heterocycles. The first-order valence-electron chi connectivity index (χ1n) is 7.28. The van der Waals surface area contributed by atoms with E-state index < -0.39 is 0 Å². The van der Waals surface area contributed by atoms with Gasteiger partial charge in [-0.3, -0.25) is 0 Å². The van der Waals surface area contributed by atoms with E-state index >= 15 is 0 Å². The smallest absolute Gasteiger partial charge is 0.151 e. The van der Waals surface area contributed by atoms with Gasteiger partial charge in [0.2, 0.25) is 0 Å². The van der Waals surface area contributed by atoms with Gasteiger partial charge in [-0.15, -0.1) is 5.10 Å². The number of nitrogens with zero attached hydrogens (tertiary/aromatic N) is 3. The van der Waals surface area contributed by atoms with Gasteiger partial charge in [-0.25, -0.2) is 0 Å². The molecule has 1 aromatic heterocycles. The van der Waals surface area contributed by atoms with Crippen LogP contribution in [-0.4, -0.2) is 23.3 Å². The summed E-state index contributed by atoms with van der Waals surface area (Å²) in [6.45, 7) is 3.87. The van der Waals surface area contributed by atoms with Crippen molar-refractivity contribution in [2.45, 2.75) is 25.9 Å². The predicted molar refractivity (Wildman–Crippen MR) is 78.6 cm³/mol. The Kier molecular flexibility index (Phi) is 2.89. The second-order valence-corrected chi connectivity index (χ2v) is 5.54. The Morgan fingerprint density at radius 3 is 2.85 bits per heavy atom. The van der Waals surface area contributed by atoms with E-state index in [2.05, 4.69) is 50.7 Å². The zero-order valence-corrected chi connectivity index (χ0v) is 11.5. The average molecular weight is 266 g/mol. The van der Waals surface area contributed by atoms with Crippen LogP contribution in [0.25, 0.3) is 0 Å². The number of hydrogen-bond acceptors (Lipinski definition) is 4. The normalized spacial score (nSPS) is 17.5. The van der Waals surface area contributed by atoms with E-state index in [0.29, 0.717) is 0 Å². The number of aromatic nitrogens is 2. The minimum Gasteiger partial charge on any atom is -0.350 e. The highest BCUT2D eigenvalue weighted by Gasteiger charge is 2.19. The molecule has 0 saturated heterocycles. The molecule has 0 atom stereocenters. The highest BCUT2D eigenvalue weighted by Crippen LogP contribution is 2.24. The molecule has 0 fully saturated rings. The fraction of sp³-hybridized carbons (Fsp3) is 0.375. The average Bonchev–Trinajstić information content (AvgIpc) is 2.54. The lowest BCUT2D eigenvalue weighted by molar-refractivity contribution is 0.611. The molecule has 0 saturated carbocycles. The van der Waals surface area contributed by atoms with E-state index in [1.807, 2.05) is 0 Å². The van der Waals surface area contributed by atoms with Gasteiger partial charge in [0.25, 0.3) is 0 Å². The number of anilines is 1. The van der Waals surface area contributed by atoms with Crippen molar-refractivity contribution in [3.8, 4) is 0 Å². The van der Waals surface area contributed by atoms with E-state index in [0.717, 1.165) is 50.5 Å². The molecule has 102 valence electrons. The van der Waals surface area contributed by atoms with E-state index in [9.17, 15) is 0 Å². The molecule has 4 nitrogen and oxygen atoms in total. The summed E-state index contributed by atoms with van der Waals surface area (Å²) in [6, 6.07) is 10.9. The standard InChI is InChI=1S/C16H18N4/c1-2-4-14-11-20(8-6-12(14)3-1)16-9-13-5-7-17-10-15(13)18-19-16/h1-4,9,17H,5-8,10-11H2. The minimum absolute atomic E-state index is 0.853. The van der Waals surface area contributed by atoms with Gasteiger partial charge in [0.05, 0.1) is 5.69 Å². The molecule has 0 aliphatic carbocycles. The highest BCUT2D eigenvalue weighted by molar-refractivity contribution is 5.46. The van der Waals surface area contributed by atoms with E-state index in [1.165, 1.54) is 16.7 Å². The Hall–Kier alpha value is -1.94. The molecule has 4 heteroatoms. The Labute approximate surface area is 118 Å². The topological polar surface area (TPSA) is 41.1 Å². The molecular formula is C16H18N4. The van der Waals surface area contributed by atoms with Crippen LogP contribution in [0.3, 0.4) is 0 Å². The second kappa shape index (κ2) is 4.87. The van der Waals surface area contributed by atoms with Crippen LogP contribution in [0.2, 0.25) is 0 Å². The van der Waals surface area contributed by atoms with Gasteiger partial charge >= 0.3 is 0 Å². The third-order valence-electron chi connectivity index (χ3n) is 4.27. The first-order valence-corrected chi connectivity index (χ1v) is 7.28. The molecule has 1 N–H and O–H groups in total. The third kappa shape index (κ3) is 2.06. The van der Waals surface area contributed by atoms with Crippen LogP contribution < -0.4 is 10.2 Å². The van der Waals surface area contributed by atoms with Crippen LogP contribution in [0.1, 0.15) is 22.4 Å². The Balaban J connectivity index is 1.63. The van der Waals surface area contributed by atoms with Crippen LogP contribution in [0, 0.1) is 0 Å². The van der Waals surface area contributed by atoms with Gasteiger partial charge in [0, 0.05) is 19.6 Å². The fourth-order valence-corrected chi connectivity index (χ4v) is 3.08.